The molecule has 0 spiro atoms. The van der Waals surface area contributed by atoms with Crippen molar-refractivity contribution < 1.29 is 24.5 Å². The molecule has 0 aromatic heterocycles. The molecule has 0 saturated heterocycles. The Labute approximate surface area is 236 Å². The van der Waals surface area contributed by atoms with Crippen molar-refractivity contribution in [3.63, 3.8) is 0 Å². The van der Waals surface area contributed by atoms with Gasteiger partial charge >= 0.3 is 11.9 Å². The summed E-state index contributed by atoms with van der Waals surface area (Å²) in [6.45, 7) is 10.5. The van der Waals surface area contributed by atoms with Gasteiger partial charge in [-0.1, -0.05) is 58.6 Å². The molecular weight excluding hydrogens is 488 g/mol. The molecule has 5 aliphatic rings. The first-order chi connectivity index (χ1) is 18.5. The average molecular weight is 543 g/mol. The first-order valence-electron chi connectivity index (χ1n) is 16.3. The van der Waals surface area contributed by atoms with Gasteiger partial charge in [0.25, 0.3) is 0 Å². The molecule has 0 radical (unpaired) electrons. The third-order valence-electron chi connectivity index (χ3n) is 12.8. The molecule has 0 aromatic rings. The van der Waals surface area contributed by atoms with Gasteiger partial charge in [0.15, 0.2) is 5.41 Å². The minimum atomic E-state index is -1.57. The summed E-state index contributed by atoms with van der Waals surface area (Å²) in [7, 11) is 0. The normalized spacial score (nSPS) is 39.3. The summed E-state index contributed by atoms with van der Waals surface area (Å²) in [6.07, 6.45) is 20.1. The van der Waals surface area contributed by atoms with Crippen molar-refractivity contribution >= 4 is 11.9 Å². The molecule has 4 saturated carbocycles. The maximum Gasteiger partial charge on any atom is 0.321 e. The summed E-state index contributed by atoms with van der Waals surface area (Å²) in [4.78, 5) is 22.9. The number of carboxylic acids is 2. The number of hydrogen-bond donors (Lipinski definition) is 2. The van der Waals surface area contributed by atoms with Crippen LogP contribution in [0.2, 0.25) is 0 Å². The first kappa shape index (κ1) is 29.1. The number of allylic oxidation sites excluding steroid dienone is 1. The fourth-order valence-corrected chi connectivity index (χ4v) is 10.3. The number of hydrogen-bond acceptors (Lipinski definition) is 3. The molecule has 0 bridgehead atoms. The molecule has 0 aliphatic heterocycles. The number of carbonyl (C=O) groups is 2. The number of carboxylic acid groups (broad SMARTS) is 2. The Morgan fingerprint density at radius 3 is 2.41 bits per heavy atom. The van der Waals surface area contributed by atoms with Crippen LogP contribution in [0.25, 0.3) is 0 Å². The van der Waals surface area contributed by atoms with Gasteiger partial charge in [0.05, 0.1) is 6.10 Å². The van der Waals surface area contributed by atoms with Crippen molar-refractivity contribution in [3.8, 4) is 0 Å². The second kappa shape index (κ2) is 11.1. The molecule has 0 heterocycles. The predicted octanol–water partition coefficient (Wildman–Crippen LogP) is 8.12. The van der Waals surface area contributed by atoms with Crippen LogP contribution in [0.5, 0.6) is 0 Å². The summed E-state index contributed by atoms with van der Waals surface area (Å²) in [5.74, 6) is 2.11. The van der Waals surface area contributed by atoms with Crippen molar-refractivity contribution in [2.75, 3.05) is 6.61 Å². The van der Waals surface area contributed by atoms with Gasteiger partial charge in [-0.15, -0.1) is 0 Å². The smallest absolute Gasteiger partial charge is 0.321 e. The second-order valence-corrected chi connectivity index (χ2v) is 15.2. The van der Waals surface area contributed by atoms with E-state index < -0.39 is 17.4 Å². The Hall–Kier alpha value is -1.36. The topological polar surface area (TPSA) is 83.8 Å². The van der Waals surface area contributed by atoms with Crippen LogP contribution >= 0.6 is 0 Å². The summed E-state index contributed by atoms with van der Waals surface area (Å²) in [5, 5.41) is 18.7. The lowest BCUT2D eigenvalue weighted by atomic mass is 9.47. The van der Waals surface area contributed by atoms with E-state index in [1.807, 2.05) is 0 Å². The van der Waals surface area contributed by atoms with Crippen LogP contribution < -0.4 is 0 Å². The standard InChI is InChI=1S/C34H54O5/c1-22(2)7-5-6-8-24-10-12-28-27-11-9-25-19-26(13-16-33(25,4)29(27)14-17-32(24,28)3)39-18-15-23-20-34(21-23,30(35)36)31(37)38/h9,22-24,26-29H,5-8,10-21H2,1-4H3,(H,35,36)(H,37,38). The number of aliphatic carboxylic acids is 2. The first-order valence-corrected chi connectivity index (χ1v) is 16.3. The van der Waals surface area contributed by atoms with E-state index >= 15 is 0 Å². The molecule has 220 valence electrons. The summed E-state index contributed by atoms with van der Waals surface area (Å²) < 4.78 is 6.33. The second-order valence-electron chi connectivity index (χ2n) is 15.2. The summed E-state index contributed by atoms with van der Waals surface area (Å²) >= 11 is 0. The van der Waals surface area contributed by atoms with Crippen molar-refractivity contribution in [1.82, 2.24) is 0 Å². The Bertz CT molecular complexity index is 931. The van der Waals surface area contributed by atoms with E-state index in [-0.39, 0.29) is 24.9 Å². The molecular formula is C34H54O5. The predicted molar refractivity (Wildman–Crippen MR) is 153 cm³/mol. The lowest BCUT2D eigenvalue weighted by Gasteiger charge is -2.58. The van der Waals surface area contributed by atoms with Crippen LogP contribution in [0.4, 0.5) is 0 Å². The van der Waals surface area contributed by atoms with Gasteiger partial charge in [0.1, 0.15) is 0 Å². The number of unbranched alkanes of at least 4 members (excludes halogenated alkanes) is 1. The van der Waals surface area contributed by atoms with Crippen LogP contribution in [0.3, 0.4) is 0 Å². The fraction of sp³-hybridized carbons (Fsp3) is 0.882. The molecule has 5 nitrogen and oxygen atoms in total. The zero-order valence-electron chi connectivity index (χ0n) is 25.1. The monoisotopic (exact) mass is 542 g/mol. The zero-order chi connectivity index (χ0) is 28.0. The van der Waals surface area contributed by atoms with E-state index in [4.69, 9.17) is 4.74 Å². The highest BCUT2D eigenvalue weighted by Crippen LogP contribution is 2.67. The lowest BCUT2D eigenvalue weighted by molar-refractivity contribution is -0.176. The third kappa shape index (κ3) is 5.24. The van der Waals surface area contributed by atoms with E-state index in [9.17, 15) is 19.8 Å². The van der Waals surface area contributed by atoms with Crippen LogP contribution in [-0.4, -0.2) is 34.9 Å². The van der Waals surface area contributed by atoms with E-state index in [1.54, 1.807) is 5.57 Å². The molecule has 7 unspecified atom stereocenters. The van der Waals surface area contributed by atoms with Crippen molar-refractivity contribution in [3.05, 3.63) is 11.6 Å². The minimum absolute atomic E-state index is 0.141. The molecule has 5 heteroatoms. The fourth-order valence-electron chi connectivity index (χ4n) is 10.3. The Morgan fingerprint density at radius 2 is 1.72 bits per heavy atom. The van der Waals surface area contributed by atoms with Gasteiger partial charge in [-0.25, -0.2) is 0 Å². The maximum absolute atomic E-state index is 11.4. The van der Waals surface area contributed by atoms with Gasteiger partial charge in [-0.05, 0) is 123 Å². The Balaban J connectivity index is 1.13. The highest BCUT2D eigenvalue weighted by atomic mass is 16.5. The van der Waals surface area contributed by atoms with Gasteiger partial charge in [-0.2, -0.15) is 0 Å². The van der Waals surface area contributed by atoms with Crippen molar-refractivity contribution in [2.24, 2.45) is 51.8 Å². The van der Waals surface area contributed by atoms with E-state index in [1.165, 1.54) is 64.2 Å². The quantitative estimate of drug-likeness (QED) is 0.156. The summed E-state index contributed by atoms with van der Waals surface area (Å²) in [6, 6.07) is 0. The lowest BCUT2D eigenvalue weighted by Crippen LogP contribution is -2.50. The molecule has 39 heavy (non-hydrogen) atoms. The molecule has 4 fully saturated rings. The van der Waals surface area contributed by atoms with Crippen molar-refractivity contribution in [1.29, 1.82) is 0 Å². The third-order valence-corrected chi connectivity index (χ3v) is 12.8. The van der Waals surface area contributed by atoms with Crippen LogP contribution in [0.15, 0.2) is 11.6 Å². The van der Waals surface area contributed by atoms with Crippen LogP contribution in [0.1, 0.15) is 124 Å². The van der Waals surface area contributed by atoms with E-state index in [0.717, 1.165) is 48.9 Å². The molecule has 5 aliphatic carbocycles. The molecule has 0 aromatic carbocycles. The van der Waals surface area contributed by atoms with Gasteiger partial charge in [0.2, 0.25) is 0 Å². The van der Waals surface area contributed by atoms with E-state index in [0.29, 0.717) is 17.4 Å². The largest absolute Gasteiger partial charge is 0.480 e. The Morgan fingerprint density at radius 1 is 0.974 bits per heavy atom. The van der Waals surface area contributed by atoms with Gasteiger partial charge in [-0.3, -0.25) is 9.59 Å². The van der Waals surface area contributed by atoms with E-state index in [2.05, 4.69) is 33.8 Å². The van der Waals surface area contributed by atoms with Gasteiger partial charge < -0.3 is 14.9 Å². The molecule has 5 rings (SSSR count). The average Bonchev–Trinajstić information content (AvgIpc) is 3.18. The number of ether oxygens (including phenoxy) is 1. The summed E-state index contributed by atoms with van der Waals surface area (Å²) in [5.41, 5.74) is 0.965. The maximum atomic E-state index is 11.4. The van der Waals surface area contributed by atoms with Gasteiger partial charge in [0, 0.05) is 6.61 Å². The molecule has 0 amide bonds. The zero-order valence-corrected chi connectivity index (χ0v) is 25.1. The minimum Gasteiger partial charge on any atom is -0.480 e. The number of fused-ring (bicyclic) bond motifs is 5. The van der Waals surface area contributed by atoms with Crippen LogP contribution in [0, 0.1) is 51.8 Å². The highest BCUT2D eigenvalue weighted by molar-refractivity contribution is 5.99. The molecule has 2 N–H and O–H groups in total. The highest BCUT2D eigenvalue weighted by Gasteiger charge is 2.59. The Kier molecular flexibility index (Phi) is 8.32. The van der Waals surface area contributed by atoms with Crippen molar-refractivity contribution in [2.45, 2.75) is 130 Å². The SMILES string of the molecule is CC(C)CCCCC1CCC2C3CC=C4CC(OCCC5CC(C(=O)O)(C(=O)O)C5)CCC4(C)C3CCC12C. The molecule has 7 atom stereocenters. The van der Waals surface area contributed by atoms with Crippen LogP contribution in [-0.2, 0) is 14.3 Å². The number of rotatable bonds is 11.